The maximum Gasteiger partial charge on any atom is 0.286 e. The number of benzene rings is 1. The lowest BCUT2D eigenvalue weighted by Gasteiger charge is -2.13. The molecular weight excluding hydrogens is 492 g/mol. The predicted octanol–water partition coefficient (Wildman–Crippen LogP) is 4.48. The summed E-state index contributed by atoms with van der Waals surface area (Å²) in [6.45, 7) is 1.80. The van der Waals surface area contributed by atoms with Gasteiger partial charge in [0.25, 0.3) is 11.8 Å². The van der Waals surface area contributed by atoms with Crippen LogP contribution in [0.3, 0.4) is 0 Å². The molecule has 0 aliphatic heterocycles. The third-order valence-electron chi connectivity index (χ3n) is 4.82. The highest BCUT2D eigenvalue weighted by atomic mass is 35.5. The molecule has 3 aromatic heterocycles. The summed E-state index contributed by atoms with van der Waals surface area (Å²) in [5.74, 6) is -0.0260. The van der Waals surface area contributed by atoms with Gasteiger partial charge in [-0.3, -0.25) is 19.9 Å². The summed E-state index contributed by atoms with van der Waals surface area (Å²) in [4.78, 5) is 34.0. The van der Waals surface area contributed by atoms with Gasteiger partial charge in [0.2, 0.25) is 10.1 Å². The summed E-state index contributed by atoms with van der Waals surface area (Å²) in [6, 6.07) is 10.3. The Bertz CT molecular complexity index is 1410. The van der Waals surface area contributed by atoms with Crippen LogP contribution in [0.2, 0.25) is 5.15 Å². The third-order valence-corrected chi connectivity index (χ3v) is 5.87. The van der Waals surface area contributed by atoms with Crippen molar-refractivity contribution < 1.29 is 19.1 Å². The van der Waals surface area contributed by atoms with E-state index in [4.69, 9.17) is 21.1 Å². The Morgan fingerprint density at radius 1 is 0.914 bits per heavy atom. The van der Waals surface area contributed by atoms with Crippen LogP contribution in [0.5, 0.6) is 11.5 Å². The molecule has 12 heteroatoms. The lowest BCUT2D eigenvalue weighted by atomic mass is 10.0. The number of rotatable bonds is 7. The Labute approximate surface area is 209 Å². The summed E-state index contributed by atoms with van der Waals surface area (Å²) < 4.78 is 10.6. The van der Waals surface area contributed by atoms with E-state index in [1.807, 2.05) is 0 Å². The van der Waals surface area contributed by atoms with Gasteiger partial charge in [-0.1, -0.05) is 35.1 Å². The minimum absolute atomic E-state index is 0.0658. The standard InChI is InChI=1S/C23H19ClN6O4S/c1-12-8-13(14-9-19(24)26-11-18(14)34-3)15(10-25-12)20(31)28-23-30-29-22(35-23)21(32)27-16-6-4-5-7-17(16)33-2/h4-11H,1-3H3,(H,27,32)(H,28,30,31). The average Bonchev–Trinajstić information content (AvgIpc) is 3.32. The zero-order valence-electron chi connectivity index (χ0n) is 18.8. The second-order valence-electron chi connectivity index (χ2n) is 7.10. The molecule has 4 rings (SSSR count). The van der Waals surface area contributed by atoms with Crippen LogP contribution in [0.1, 0.15) is 25.9 Å². The van der Waals surface area contributed by atoms with Gasteiger partial charge in [-0.15, -0.1) is 10.2 Å². The molecule has 2 amide bonds. The summed E-state index contributed by atoms with van der Waals surface area (Å²) in [5, 5.41) is 13.7. The molecule has 0 atom stereocenters. The van der Waals surface area contributed by atoms with E-state index < -0.39 is 11.8 Å². The number of hydrogen-bond donors (Lipinski definition) is 2. The van der Waals surface area contributed by atoms with E-state index in [0.717, 1.165) is 11.3 Å². The molecule has 0 saturated heterocycles. The first-order valence-corrected chi connectivity index (χ1v) is 11.3. The number of halogens is 1. The molecule has 35 heavy (non-hydrogen) atoms. The van der Waals surface area contributed by atoms with Gasteiger partial charge in [0, 0.05) is 23.0 Å². The van der Waals surface area contributed by atoms with Gasteiger partial charge in [0.15, 0.2) is 0 Å². The van der Waals surface area contributed by atoms with Crippen molar-refractivity contribution >= 4 is 45.6 Å². The highest BCUT2D eigenvalue weighted by molar-refractivity contribution is 7.17. The number of ether oxygens (including phenoxy) is 2. The highest BCUT2D eigenvalue weighted by Crippen LogP contribution is 2.34. The number of nitrogens with one attached hydrogen (secondary N) is 2. The molecule has 0 aliphatic carbocycles. The average molecular weight is 511 g/mol. The van der Waals surface area contributed by atoms with E-state index in [2.05, 4.69) is 30.8 Å². The lowest BCUT2D eigenvalue weighted by molar-refractivity contribution is 0.101. The molecule has 0 radical (unpaired) electrons. The Morgan fingerprint density at radius 3 is 2.46 bits per heavy atom. The van der Waals surface area contributed by atoms with Crippen molar-refractivity contribution in [2.24, 2.45) is 0 Å². The number of para-hydroxylation sites is 2. The Morgan fingerprint density at radius 2 is 1.69 bits per heavy atom. The first-order valence-electron chi connectivity index (χ1n) is 10.2. The van der Waals surface area contributed by atoms with Crippen LogP contribution < -0.4 is 20.1 Å². The number of pyridine rings is 2. The molecular formula is C23H19ClN6O4S. The monoisotopic (exact) mass is 510 g/mol. The maximum atomic E-state index is 13.1. The Hall–Kier alpha value is -4.09. The van der Waals surface area contributed by atoms with Crippen LogP contribution in [-0.4, -0.2) is 46.2 Å². The van der Waals surface area contributed by atoms with Gasteiger partial charge in [-0.2, -0.15) is 0 Å². The minimum Gasteiger partial charge on any atom is -0.495 e. The number of carbonyl (C=O) groups excluding carboxylic acids is 2. The lowest BCUT2D eigenvalue weighted by Crippen LogP contribution is -2.14. The molecule has 1 aromatic carbocycles. The molecule has 0 spiro atoms. The fraction of sp³-hybridized carbons (Fsp3) is 0.130. The van der Waals surface area contributed by atoms with Crippen molar-refractivity contribution in [1.29, 1.82) is 0 Å². The van der Waals surface area contributed by atoms with Gasteiger partial charge in [0.05, 0.1) is 31.7 Å². The van der Waals surface area contributed by atoms with Crippen LogP contribution in [0.15, 0.2) is 48.8 Å². The molecule has 0 fully saturated rings. The van der Waals surface area contributed by atoms with E-state index in [1.165, 1.54) is 26.6 Å². The van der Waals surface area contributed by atoms with E-state index in [9.17, 15) is 9.59 Å². The van der Waals surface area contributed by atoms with Crippen LogP contribution in [0.4, 0.5) is 10.8 Å². The summed E-state index contributed by atoms with van der Waals surface area (Å²) in [7, 11) is 3.01. The van der Waals surface area contributed by atoms with Crippen molar-refractivity contribution in [2.45, 2.75) is 6.92 Å². The number of anilines is 2. The second kappa shape index (κ2) is 10.5. The molecule has 0 aliphatic rings. The van der Waals surface area contributed by atoms with Crippen LogP contribution >= 0.6 is 22.9 Å². The normalized spacial score (nSPS) is 10.5. The Kier molecular flexibility index (Phi) is 7.18. The molecule has 4 aromatic rings. The molecule has 2 N–H and O–H groups in total. The van der Waals surface area contributed by atoms with Crippen LogP contribution in [0, 0.1) is 6.92 Å². The van der Waals surface area contributed by atoms with E-state index >= 15 is 0 Å². The van der Waals surface area contributed by atoms with Crippen molar-refractivity contribution in [1.82, 2.24) is 20.2 Å². The van der Waals surface area contributed by atoms with Crippen LogP contribution in [0.25, 0.3) is 11.1 Å². The van der Waals surface area contributed by atoms with Crippen molar-refractivity contribution in [2.75, 3.05) is 24.9 Å². The second-order valence-corrected chi connectivity index (χ2v) is 8.46. The maximum absolute atomic E-state index is 13.1. The molecule has 0 saturated carbocycles. The number of methoxy groups -OCH3 is 2. The molecule has 0 bridgehead atoms. The fourth-order valence-corrected chi connectivity index (χ4v) is 4.00. The number of carbonyl (C=O) groups is 2. The number of hydrogen-bond acceptors (Lipinski definition) is 9. The van der Waals surface area contributed by atoms with E-state index in [-0.39, 0.29) is 20.9 Å². The largest absolute Gasteiger partial charge is 0.495 e. The Balaban J connectivity index is 1.57. The number of amides is 2. The van der Waals surface area contributed by atoms with Crippen molar-refractivity contribution in [3.63, 3.8) is 0 Å². The SMILES string of the molecule is COc1ccccc1NC(=O)c1nnc(NC(=O)c2cnc(C)cc2-c2cc(Cl)ncc2OC)s1. The first-order chi connectivity index (χ1) is 16.9. The smallest absolute Gasteiger partial charge is 0.286 e. The van der Waals surface area contributed by atoms with Gasteiger partial charge in [-0.25, -0.2) is 4.98 Å². The quantitative estimate of drug-likeness (QED) is 0.348. The minimum atomic E-state index is -0.490. The van der Waals surface area contributed by atoms with Gasteiger partial charge in [0.1, 0.15) is 16.7 Å². The summed E-state index contributed by atoms with van der Waals surface area (Å²) in [6.07, 6.45) is 2.93. The molecule has 3 heterocycles. The fourth-order valence-electron chi connectivity index (χ4n) is 3.21. The van der Waals surface area contributed by atoms with E-state index in [0.29, 0.717) is 34.0 Å². The first kappa shape index (κ1) is 24.0. The number of nitrogens with zero attached hydrogens (tertiary/aromatic N) is 4. The summed E-state index contributed by atoms with van der Waals surface area (Å²) >= 11 is 7.02. The third kappa shape index (κ3) is 5.36. The van der Waals surface area contributed by atoms with E-state index in [1.54, 1.807) is 43.3 Å². The van der Waals surface area contributed by atoms with Gasteiger partial charge >= 0.3 is 0 Å². The predicted molar refractivity (Wildman–Crippen MR) is 133 cm³/mol. The van der Waals surface area contributed by atoms with Gasteiger partial charge < -0.3 is 14.8 Å². The zero-order valence-corrected chi connectivity index (χ0v) is 20.4. The molecule has 10 nitrogen and oxygen atoms in total. The molecule has 0 unspecified atom stereocenters. The van der Waals surface area contributed by atoms with Gasteiger partial charge in [-0.05, 0) is 31.2 Å². The number of aromatic nitrogens is 4. The molecule has 178 valence electrons. The van der Waals surface area contributed by atoms with Crippen molar-refractivity contribution in [3.05, 3.63) is 70.2 Å². The zero-order chi connectivity index (χ0) is 24.9. The summed E-state index contributed by atoms with van der Waals surface area (Å²) in [5.41, 5.74) is 2.57. The van der Waals surface area contributed by atoms with Crippen molar-refractivity contribution in [3.8, 4) is 22.6 Å². The number of aryl methyl sites for hydroxylation is 1. The topological polar surface area (TPSA) is 128 Å². The van der Waals surface area contributed by atoms with Crippen LogP contribution in [-0.2, 0) is 0 Å². The highest BCUT2D eigenvalue weighted by Gasteiger charge is 2.21.